The van der Waals surface area contributed by atoms with Crippen LogP contribution in [0.1, 0.15) is 51.2 Å². The first kappa shape index (κ1) is 17.9. The second-order valence-corrected chi connectivity index (χ2v) is 10.2. The molecule has 0 amide bonds. The van der Waals surface area contributed by atoms with E-state index in [2.05, 4.69) is 26.0 Å². The summed E-state index contributed by atoms with van der Waals surface area (Å²) in [4.78, 5) is 1.33. The number of rotatable bonds is 3. The Morgan fingerprint density at radius 1 is 0.735 bits per heavy atom. The van der Waals surface area contributed by atoms with Gasteiger partial charge < -0.3 is 4.90 Å². The van der Waals surface area contributed by atoms with Crippen molar-refractivity contribution in [2.75, 3.05) is 4.90 Å². The summed E-state index contributed by atoms with van der Waals surface area (Å²) in [6.45, 7) is 9.55. The fourth-order valence-corrected chi connectivity index (χ4v) is 5.14. The summed E-state index contributed by atoms with van der Waals surface area (Å²) in [7, 11) is 0. The zero-order valence-corrected chi connectivity index (χ0v) is 20.0. The highest BCUT2D eigenvalue weighted by molar-refractivity contribution is 5.93. The Kier molecular flexibility index (Phi) is 4.12. The van der Waals surface area contributed by atoms with Crippen LogP contribution < -0.4 is 4.90 Å². The topological polar surface area (TPSA) is 3.24 Å². The van der Waals surface area contributed by atoms with Gasteiger partial charge in [-0.05, 0) is 66.7 Å². The quantitative estimate of drug-likeness (QED) is 0.297. The molecule has 1 aliphatic rings. The summed E-state index contributed by atoms with van der Waals surface area (Å²) in [5.74, 6) is -1.71. The second kappa shape index (κ2) is 7.80. The lowest BCUT2D eigenvalue weighted by Crippen LogP contribution is -2.38. The SMILES string of the molecule is [2H]c1c([2H])c([2H])c(N(c2cccc(-c3cccc4c3-c3ccccc3C4(C)C)c2F)C(C)(C)C)c(F)c1[2H]. The molecule has 172 valence electrons. The van der Waals surface area contributed by atoms with Gasteiger partial charge in [-0.1, -0.05) is 80.5 Å². The molecule has 0 saturated heterocycles. The molecule has 0 fully saturated rings. The van der Waals surface area contributed by atoms with Crippen molar-refractivity contribution in [3.8, 4) is 22.3 Å². The molecule has 1 nitrogen and oxygen atoms in total. The minimum atomic E-state index is -1.12. The highest BCUT2D eigenvalue weighted by atomic mass is 19.1. The van der Waals surface area contributed by atoms with Gasteiger partial charge in [0.2, 0.25) is 0 Å². The Morgan fingerprint density at radius 2 is 1.35 bits per heavy atom. The lowest BCUT2D eigenvalue weighted by Gasteiger charge is -2.38. The van der Waals surface area contributed by atoms with Crippen molar-refractivity contribution in [2.45, 2.75) is 45.6 Å². The predicted molar refractivity (Wildman–Crippen MR) is 138 cm³/mol. The standard InChI is InChI=1S/C31H29F2N/c1-30(2,3)34(26-18-9-8-17-25(26)32)27-19-11-14-21(29(27)33)20-13-10-16-24-28(20)22-12-6-7-15-23(22)31(24,4)5/h6-19H,1-5H3/i8D,9D,17D,18D. The molecule has 0 bridgehead atoms. The summed E-state index contributed by atoms with van der Waals surface area (Å²) in [6.07, 6.45) is 0. The minimum Gasteiger partial charge on any atom is -0.331 e. The van der Waals surface area contributed by atoms with Gasteiger partial charge in [0.25, 0.3) is 0 Å². The average molecular weight is 458 g/mol. The van der Waals surface area contributed by atoms with Crippen LogP contribution in [0.5, 0.6) is 0 Å². The molecule has 0 spiro atoms. The highest BCUT2D eigenvalue weighted by Crippen LogP contribution is 2.52. The number of nitrogens with zero attached hydrogens (tertiary/aromatic N) is 1. The van der Waals surface area contributed by atoms with Crippen molar-refractivity contribution in [1.82, 2.24) is 0 Å². The Morgan fingerprint density at radius 3 is 2.12 bits per heavy atom. The normalized spacial score (nSPS) is 15.6. The van der Waals surface area contributed by atoms with Gasteiger partial charge in [-0.15, -0.1) is 0 Å². The first-order chi connectivity index (χ1) is 17.8. The van der Waals surface area contributed by atoms with Crippen LogP contribution in [0.4, 0.5) is 20.2 Å². The number of fused-ring (bicyclic) bond motifs is 3. The largest absolute Gasteiger partial charge is 0.331 e. The fourth-order valence-electron chi connectivity index (χ4n) is 5.14. The number of hydrogen-bond donors (Lipinski definition) is 0. The van der Waals surface area contributed by atoms with E-state index in [4.69, 9.17) is 5.48 Å². The van der Waals surface area contributed by atoms with Gasteiger partial charge in [-0.2, -0.15) is 0 Å². The number of benzene rings is 4. The van der Waals surface area contributed by atoms with Crippen LogP contribution in [-0.2, 0) is 5.41 Å². The van der Waals surface area contributed by atoms with E-state index in [0.29, 0.717) is 11.1 Å². The van der Waals surface area contributed by atoms with E-state index in [1.165, 1.54) is 11.0 Å². The molecule has 4 aromatic rings. The number of halogens is 2. The maximum Gasteiger partial charge on any atom is 0.154 e. The lowest BCUT2D eigenvalue weighted by molar-refractivity contribution is 0.527. The summed E-state index contributed by atoms with van der Waals surface area (Å²) in [6, 6.07) is 16.3. The summed E-state index contributed by atoms with van der Waals surface area (Å²) in [5, 5.41) is 0. The summed E-state index contributed by atoms with van der Waals surface area (Å²) in [5.41, 5.74) is 3.77. The Labute approximate surface area is 206 Å². The van der Waals surface area contributed by atoms with Crippen LogP contribution in [0.25, 0.3) is 22.3 Å². The third kappa shape index (κ3) is 3.34. The van der Waals surface area contributed by atoms with E-state index >= 15 is 8.78 Å². The first-order valence-electron chi connectivity index (χ1n) is 13.4. The van der Waals surface area contributed by atoms with Crippen LogP contribution in [-0.4, -0.2) is 5.54 Å². The molecule has 0 unspecified atom stereocenters. The van der Waals surface area contributed by atoms with Crippen molar-refractivity contribution in [2.24, 2.45) is 0 Å². The highest BCUT2D eigenvalue weighted by Gasteiger charge is 2.37. The van der Waals surface area contributed by atoms with Gasteiger partial charge in [0, 0.05) is 16.5 Å². The van der Waals surface area contributed by atoms with Crippen molar-refractivity contribution >= 4 is 11.4 Å². The monoisotopic (exact) mass is 457 g/mol. The molecule has 3 heteroatoms. The van der Waals surface area contributed by atoms with E-state index < -0.39 is 41.3 Å². The molecule has 0 radical (unpaired) electrons. The molecule has 0 N–H and O–H groups in total. The second-order valence-electron chi connectivity index (χ2n) is 10.2. The van der Waals surface area contributed by atoms with Crippen molar-refractivity contribution in [3.63, 3.8) is 0 Å². The van der Waals surface area contributed by atoms with Gasteiger partial charge >= 0.3 is 0 Å². The van der Waals surface area contributed by atoms with Crippen molar-refractivity contribution in [3.05, 3.63) is 108 Å². The molecule has 1 aliphatic carbocycles. The Bertz CT molecular complexity index is 1580. The molecule has 0 atom stereocenters. The van der Waals surface area contributed by atoms with Crippen LogP contribution in [0.2, 0.25) is 0 Å². The molecule has 0 heterocycles. The smallest absolute Gasteiger partial charge is 0.154 e. The molecule has 4 aromatic carbocycles. The fraction of sp³-hybridized carbons (Fsp3) is 0.226. The van der Waals surface area contributed by atoms with E-state index in [1.807, 2.05) is 30.3 Å². The van der Waals surface area contributed by atoms with Gasteiger partial charge in [-0.3, -0.25) is 0 Å². The Hall–Kier alpha value is -3.46. The molecule has 0 aliphatic heterocycles. The third-order valence-corrected chi connectivity index (χ3v) is 6.63. The number of anilines is 2. The van der Waals surface area contributed by atoms with E-state index in [-0.39, 0.29) is 16.8 Å². The molecular formula is C31H29F2N. The molecular weight excluding hydrogens is 424 g/mol. The van der Waals surface area contributed by atoms with Crippen molar-refractivity contribution < 1.29 is 14.3 Å². The number of hydrogen-bond acceptors (Lipinski definition) is 1. The van der Waals surface area contributed by atoms with E-state index in [9.17, 15) is 0 Å². The van der Waals surface area contributed by atoms with Gasteiger partial charge in [0.05, 0.1) is 16.9 Å². The molecule has 0 saturated carbocycles. The maximum atomic E-state index is 16.6. The van der Waals surface area contributed by atoms with E-state index in [0.717, 1.165) is 22.3 Å². The first-order valence-corrected chi connectivity index (χ1v) is 11.4. The van der Waals surface area contributed by atoms with Gasteiger partial charge in [0.1, 0.15) is 5.82 Å². The third-order valence-electron chi connectivity index (χ3n) is 6.63. The van der Waals surface area contributed by atoms with Gasteiger partial charge in [0.15, 0.2) is 5.82 Å². The zero-order valence-electron chi connectivity index (χ0n) is 24.0. The zero-order chi connectivity index (χ0) is 27.7. The van der Waals surface area contributed by atoms with Crippen LogP contribution in [0.3, 0.4) is 0 Å². The van der Waals surface area contributed by atoms with Crippen molar-refractivity contribution in [1.29, 1.82) is 0 Å². The van der Waals surface area contributed by atoms with Gasteiger partial charge in [-0.25, -0.2) is 8.78 Å². The van der Waals surface area contributed by atoms with Crippen LogP contribution in [0.15, 0.2) is 84.8 Å². The van der Waals surface area contributed by atoms with E-state index in [1.54, 1.807) is 32.9 Å². The predicted octanol–water partition coefficient (Wildman–Crippen LogP) is 8.87. The molecule has 5 rings (SSSR count). The minimum absolute atomic E-state index is 0.0297. The summed E-state index contributed by atoms with van der Waals surface area (Å²) < 4.78 is 64.6. The molecule has 0 aromatic heterocycles. The maximum absolute atomic E-state index is 16.6. The van der Waals surface area contributed by atoms with Crippen LogP contribution in [0, 0.1) is 11.6 Å². The summed E-state index contributed by atoms with van der Waals surface area (Å²) >= 11 is 0. The molecule has 34 heavy (non-hydrogen) atoms. The van der Waals surface area contributed by atoms with Crippen LogP contribution >= 0.6 is 0 Å². The average Bonchev–Trinajstić information content (AvgIpc) is 3.11. The lowest BCUT2D eigenvalue weighted by atomic mass is 9.82. The number of para-hydroxylation sites is 1. The Balaban J connectivity index is 1.79.